The first-order valence-corrected chi connectivity index (χ1v) is 7.24. The highest BCUT2D eigenvalue weighted by atomic mass is 19.1. The van der Waals surface area contributed by atoms with Crippen molar-refractivity contribution < 1.29 is 9.13 Å². The fourth-order valence-electron chi connectivity index (χ4n) is 3.24. The van der Waals surface area contributed by atoms with Gasteiger partial charge in [-0.05, 0) is 37.4 Å². The fourth-order valence-corrected chi connectivity index (χ4v) is 3.24. The van der Waals surface area contributed by atoms with Gasteiger partial charge in [0, 0.05) is 13.2 Å². The Hall–Kier alpha value is -0.930. The number of hydrogen-bond donors (Lipinski definition) is 1. The number of rotatable bonds is 6. The molecule has 0 saturated heterocycles. The molecule has 1 saturated carbocycles. The van der Waals surface area contributed by atoms with Crippen LogP contribution in [-0.2, 0) is 11.2 Å². The molecule has 0 amide bonds. The number of ether oxygens (including phenoxy) is 1. The molecule has 0 radical (unpaired) electrons. The Morgan fingerprint density at radius 1 is 1.32 bits per heavy atom. The van der Waals surface area contributed by atoms with E-state index < -0.39 is 0 Å². The molecule has 0 aliphatic heterocycles. The Morgan fingerprint density at radius 2 is 2.00 bits per heavy atom. The molecule has 0 heterocycles. The molecule has 106 valence electrons. The third-order valence-electron chi connectivity index (χ3n) is 4.32. The molecule has 1 aliphatic carbocycles. The summed E-state index contributed by atoms with van der Waals surface area (Å²) >= 11 is 0. The van der Waals surface area contributed by atoms with Gasteiger partial charge >= 0.3 is 0 Å². The summed E-state index contributed by atoms with van der Waals surface area (Å²) in [5, 5.41) is 3.50. The molecular formula is C16H24FNO. The zero-order valence-electron chi connectivity index (χ0n) is 11.9. The monoisotopic (exact) mass is 265 g/mol. The minimum atomic E-state index is -0.127. The fraction of sp³-hybridized carbons (Fsp3) is 0.625. The van der Waals surface area contributed by atoms with E-state index in [-0.39, 0.29) is 17.5 Å². The second-order valence-electron chi connectivity index (χ2n) is 5.38. The summed E-state index contributed by atoms with van der Waals surface area (Å²) in [6.07, 6.45) is 5.22. The Labute approximate surface area is 115 Å². The third kappa shape index (κ3) is 3.15. The molecule has 0 aromatic heterocycles. The third-order valence-corrected chi connectivity index (χ3v) is 4.32. The van der Waals surface area contributed by atoms with Crippen LogP contribution in [0, 0.1) is 5.82 Å². The molecule has 2 rings (SSSR count). The van der Waals surface area contributed by atoms with Crippen LogP contribution in [0.5, 0.6) is 0 Å². The lowest BCUT2D eigenvalue weighted by atomic mass is 9.87. The van der Waals surface area contributed by atoms with Crippen LogP contribution in [0.25, 0.3) is 0 Å². The number of halogens is 1. The van der Waals surface area contributed by atoms with Gasteiger partial charge < -0.3 is 10.1 Å². The topological polar surface area (TPSA) is 21.3 Å². The van der Waals surface area contributed by atoms with Crippen LogP contribution in [-0.4, -0.2) is 25.3 Å². The number of benzene rings is 1. The number of methoxy groups -OCH3 is 1. The van der Waals surface area contributed by atoms with Gasteiger partial charge in [-0.3, -0.25) is 0 Å². The highest BCUT2D eigenvalue weighted by Crippen LogP contribution is 2.37. The lowest BCUT2D eigenvalue weighted by Gasteiger charge is -2.37. The standard InChI is InChI=1S/C16H24FNO/c1-3-18-15(16(19-2)10-6-7-11-16)12-13-8-4-5-9-14(13)17/h4-5,8-9,15,18H,3,6-7,10-12H2,1-2H3. The van der Waals surface area contributed by atoms with Gasteiger partial charge in [-0.2, -0.15) is 0 Å². The van der Waals surface area contributed by atoms with Crippen molar-refractivity contribution in [1.82, 2.24) is 5.32 Å². The largest absolute Gasteiger partial charge is 0.377 e. The number of hydrogen-bond acceptors (Lipinski definition) is 2. The van der Waals surface area contributed by atoms with Crippen molar-refractivity contribution in [2.75, 3.05) is 13.7 Å². The molecular weight excluding hydrogens is 241 g/mol. The second-order valence-corrected chi connectivity index (χ2v) is 5.38. The average Bonchev–Trinajstić information content (AvgIpc) is 2.90. The first-order valence-electron chi connectivity index (χ1n) is 7.24. The predicted molar refractivity (Wildman–Crippen MR) is 75.8 cm³/mol. The molecule has 1 aromatic rings. The van der Waals surface area contributed by atoms with E-state index in [4.69, 9.17) is 4.74 Å². The number of nitrogens with one attached hydrogen (secondary N) is 1. The predicted octanol–water partition coefficient (Wildman–Crippen LogP) is 3.31. The maximum absolute atomic E-state index is 13.8. The minimum absolute atomic E-state index is 0.116. The second kappa shape index (κ2) is 6.49. The van der Waals surface area contributed by atoms with Gasteiger partial charge in [-0.15, -0.1) is 0 Å². The molecule has 1 aromatic carbocycles. The molecule has 0 bridgehead atoms. The highest BCUT2D eigenvalue weighted by molar-refractivity contribution is 5.20. The van der Waals surface area contributed by atoms with Gasteiger partial charge in [0.05, 0.1) is 5.60 Å². The summed E-state index contributed by atoms with van der Waals surface area (Å²) in [4.78, 5) is 0. The van der Waals surface area contributed by atoms with E-state index in [9.17, 15) is 4.39 Å². The van der Waals surface area contributed by atoms with Crippen LogP contribution in [0.2, 0.25) is 0 Å². The number of likely N-dealkylation sites (N-methyl/N-ethyl adjacent to an activating group) is 1. The van der Waals surface area contributed by atoms with E-state index in [1.54, 1.807) is 13.2 Å². The molecule has 1 unspecified atom stereocenters. The van der Waals surface area contributed by atoms with Crippen molar-refractivity contribution >= 4 is 0 Å². The van der Waals surface area contributed by atoms with Crippen molar-refractivity contribution in [1.29, 1.82) is 0 Å². The van der Waals surface area contributed by atoms with Crippen molar-refractivity contribution in [2.24, 2.45) is 0 Å². The summed E-state index contributed by atoms with van der Waals surface area (Å²) in [5.74, 6) is -0.116. The molecule has 3 heteroatoms. The van der Waals surface area contributed by atoms with Crippen LogP contribution < -0.4 is 5.32 Å². The maximum atomic E-state index is 13.8. The summed E-state index contributed by atoms with van der Waals surface area (Å²) in [6, 6.07) is 7.23. The lowest BCUT2D eigenvalue weighted by Crippen LogP contribution is -2.51. The molecule has 1 aliphatic rings. The van der Waals surface area contributed by atoms with Crippen molar-refractivity contribution in [2.45, 2.75) is 50.7 Å². The van der Waals surface area contributed by atoms with Crippen molar-refractivity contribution in [3.8, 4) is 0 Å². The molecule has 0 spiro atoms. The average molecular weight is 265 g/mol. The van der Waals surface area contributed by atoms with E-state index >= 15 is 0 Å². The Balaban J connectivity index is 2.18. The van der Waals surface area contributed by atoms with Gasteiger partial charge in [0.2, 0.25) is 0 Å². The minimum Gasteiger partial charge on any atom is -0.377 e. The van der Waals surface area contributed by atoms with Crippen molar-refractivity contribution in [3.63, 3.8) is 0 Å². The molecule has 1 N–H and O–H groups in total. The van der Waals surface area contributed by atoms with Gasteiger partial charge in [-0.1, -0.05) is 38.0 Å². The Morgan fingerprint density at radius 3 is 2.58 bits per heavy atom. The van der Waals surface area contributed by atoms with E-state index in [0.29, 0.717) is 6.42 Å². The van der Waals surface area contributed by atoms with Crippen molar-refractivity contribution in [3.05, 3.63) is 35.6 Å². The van der Waals surface area contributed by atoms with E-state index in [0.717, 1.165) is 24.9 Å². The zero-order valence-corrected chi connectivity index (χ0v) is 11.9. The normalized spacial score (nSPS) is 19.5. The van der Waals surface area contributed by atoms with Gasteiger partial charge in [-0.25, -0.2) is 4.39 Å². The summed E-state index contributed by atoms with van der Waals surface area (Å²) < 4.78 is 19.7. The van der Waals surface area contributed by atoms with Gasteiger partial charge in [0.1, 0.15) is 5.82 Å². The Kier molecular flexibility index (Phi) is 4.94. The van der Waals surface area contributed by atoms with Gasteiger partial charge in [0.25, 0.3) is 0 Å². The highest BCUT2D eigenvalue weighted by Gasteiger charge is 2.41. The summed E-state index contributed by atoms with van der Waals surface area (Å²) in [6.45, 7) is 2.97. The van der Waals surface area contributed by atoms with Crippen LogP contribution in [0.15, 0.2) is 24.3 Å². The molecule has 19 heavy (non-hydrogen) atoms. The summed E-state index contributed by atoms with van der Waals surface area (Å²) in [7, 11) is 1.79. The van der Waals surface area contributed by atoms with Crippen LogP contribution in [0.3, 0.4) is 0 Å². The summed E-state index contributed by atoms with van der Waals surface area (Å²) in [5.41, 5.74) is 0.648. The molecule has 1 fully saturated rings. The quantitative estimate of drug-likeness (QED) is 0.852. The SMILES string of the molecule is CCNC(Cc1ccccc1F)C1(OC)CCCC1. The lowest BCUT2D eigenvalue weighted by molar-refractivity contribution is -0.0353. The smallest absolute Gasteiger partial charge is 0.126 e. The van der Waals surface area contributed by atoms with Gasteiger partial charge in [0.15, 0.2) is 0 Å². The molecule has 1 atom stereocenters. The Bertz CT molecular complexity index is 401. The first-order chi connectivity index (χ1) is 9.22. The maximum Gasteiger partial charge on any atom is 0.126 e. The van der Waals surface area contributed by atoms with Crippen LogP contribution >= 0.6 is 0 Å². The van der Waals surface area contributed by atoms with E-state index in [1.165, 1.54) is 18.9 Å². The molecule has 2 nitrogen and oxygen atoms in total. The van der Waals surface area contributed by atoms with E-state index in [1.807, 2.05) is 12.1 Å². The zero-order chi connectivity index (χ0) is 13.7. The van der Waals surface area contributed by atoms with E-state index in [2.05, 4.69) is 12.2 Å². The van der Waals surface area contributed by atoms with Crippen LogP contribution in [0.4, 0.5) is 4.39 Å². The van der Waals surface area contributed by atoms with Crippen LogP contribution in [0.1, 0.15) is 38.2 Å². The first kappa shape index (κ1) is 14.5.